The van der Waals surface area contributed by atoms with E-state index in [2.05, 4.69) is 76.8 Å². The molecule has 0 radical (unpaired) electrons. The van der Waals surface area contributed by atoms with E-state index in [9.17, 15) is 0 Å². The second-order valence-electron chi connectivity index (χ2n) is 6.60. The van der Waals surface area contributed by atoms with Crippen molar-refractivity contribution < 1.29 is 0 Å². The number of benzene rings is 2. The lowest BCUT2D eigenvalue weighted by Crippen LogP contribution is -2.37. The molecular formula is C18H24Si. The molecule has 2 aromatic rings. The van der Waals surface area contributed by atoms with Gasteiger partial charge < -0.3 is 0 Å². The molecule has 0 aliphatic carbocycles. The molecule has 0 aromatic heterocycles. The van der Waals surface area contributed by atoms with Crippen molar-refractivity contribution in [3.8, 4) is 11.1 Å². The standard InChI is InChI=1S/C18H24Si/c1-13-11-14(2)18(15(3)12-13)16-7-9-17(10-8-16)19(4,5)6/h7-12H,1-6H3. The number of hydrogen-bond donors (Lipinski definition) is 0. The number of hydrogen-bond acceptors (Lipinski definition) is 0. The Morgan fingerprint density at radius 1 is 0.737 bits per heavy atom. The van der Waals surface area contributed by atoms with Crippen LogP contribution in [0, 0.1) is 20.8 Å². The Kier molecular flexibility index (Phi) is 3.68. The first-order valence-corrected chi connectivity index (χ1v) is 10.5. The fourth-order valence-electron chi connectivity index (χ4n) is 2.77. The smallest absolute Gasteiger partial charge is 0.0656 e. The molecule has 0 spiro atoms. The molecule has 0 nitrogen and oxygen atoms in total. The van der Waals surface area contributed by atoms with Gasteiger partial charge in [-0.2, -0.15) is 0 Å². The molecule has 0 heterocycles. The molecule has 0 aliphatic heterocycles. The van der Waals surface area contributed by atoms with Gasteiger partial charge >= 0.3 is 0 Å². The van der Waals surface area contributed by atoms with Gasteiger partial charge in [-0.25, -0.2) is 0 Å². The molecule has 0 amide bonds. The van der Waals surface area contributed by atoms with Crippen molar-refractivity contribution in [1.29, 1.82) is 0 Å². The average molecular weight is 268 g/mol. The van der Waals surface area contributed by atoms with Crippen LogP contribution in [-0.4, -0.2) is 8.07 Å². The van der Waals surface area contributed by atoms with Gasteiger partial charge in [0.05, 0.1) is 8.07 Å². The quantitative estimate of drug-likeness (QED) is 0.685. The fraction of sp³-hybridized carbons (Fsp3) is 0.333. The van der Waals surface area contributed by atoms with Crippen LogP contribution in [0.5, 0.6) is 0 Å². The lowest BCUT2D eigenvalue weighted by Gasteiger charge is -2.18. The predicted molar refractivity (Wildman–Crippen MR) is 89.1 cm³/mol. The van der Waals surface area contributed by atoms with Crippen LogP contribution < -0.4 is 5.19 Å². The molecule has 19 heavy (non-hydrogen) atoms. The van der Waals surface area contributed by atoms with E-state index in [4.69, 9.17) is 0 Å². The van der Waals surface area contributed by atoms with E-state index < -0.39 is 8.07 Å². The first-order valence-electron chi connectivity index (χ1n) is 6.98. The minimum Gasteiger partial charge on any atom is -0.0656 e. The van der Waals surface area contributed by atoms with Crippen LogP contribution in [0.25, 0.3) is 11.1 Å². The lowest BCUT2D eigenvalue weighted by atomic mass is 9.94. The van der Waals surface area contributed by atoms with Crippen molar-refractivity contribution in [2.24, 2.45) is 0 Å². The van der Waals surface area contributed by atoms with Crippen LogP contribution in [0.15, 0.2) is 36.4 Å². The monoisotopic (exact) mass is 268 g/mol. The summed E-state index contributed by atoms with van der Waals surface area (Å²) in [6.07, 6.45) is 0. The summed E-state index contributed by atoms with van der Waals surface area (Å²) in [6, 6.07) is 13.8. The Morgan fingerprint density at radius 2 is 1.21 bits per heavy atom. The van der Waals surface area contributed by atoms with Gasteiger partial charge in [0.2, 0.25) is 0 Å². The molecule has 0 aliphatic rings. The van der Waals surface area contributed by atoms with Crippen LogP contribution >= 0.6 is 0 Å². The molecule has 0 unspecified atom stereocenters. The van der Waals surface area contributed by atoms with E-state index in [1.807, 2.05) is 0 Å². The van der Waals surface area contributed by atoms with Crippen molar-refractivity contribution >= 4 is 13.3 Å². The van der Waals surface area contributed by atoms with Crippen molar-refractivity contribution in [2.45, 2.75) is 40.4 Å². The molecule has 100 valence electrons. The van der Waals surface area contributed by atoms with Crippen molar-refractivity contribution in [1.82, 2.24) is 0 Å². The van der Waals surface area contributed by atoms with Gasteiger partial charge in [-0.15, -0.1) is 0 Å². The van der Waals surface area contributed by atoms with Crippen molar-refractivity contribution in [2.75, 3.05) is 0 Å². The Morgan fingerprint density at radius 3 is 1.63 bits per heavy atom. The second-order valence-corrected chi connectivity index (χ2v) is 11.7. The maximum Gasteiger partial charge on any atom is 0.0775 e. The summed E-state index contributed by atoms with van der Waals surface area (Å²) in [6.45, 7) is 13.8. The number of rotatable bonds is 2. The van der Waals surface area contributed by atoms with Crippen molar-refractivity contribution in [3.63, 3.8) is 0 Å². The minimum absolute atomic E-state index is 1.19. The molecule has 0 atom stereocenters. The maximum atomic E-state index is 2.39. The van der Waals surface area contributed by atoms with Gasteiger partial charge in [0.15, 0.2) is 0 Å². The first-order chi connectivity index (χ1) is 8.79. The molecule has 1 heteroatoms. The molecule has 0 N–H and O–H groups in total. The summed E-state index contributed by atoms with van der Waals surface area (Å²) < 4.78 is 0. The van der Waals surface area contributed by atoms with Gasteiger partial charge in [0.1, 0.15) is 0 Å². The second kappa shape index (κ2) is 4.97. The largest absolute Gasteiger partial charge is 0.0775 e. The molecule has 0 fully saturated rings. The van der Waals surface area contributed by atoms with E-state index in [0.717, 1.165) is 0 Å². The van der Waals surface area contributed by atoms with Crippen LogP contribution in [0.4, 0.5) is 0 Å². The van der Waals surface area contributed by atoms with E-state index in [1.165, 1.54) is 33.0 Å². The Balaban J connectivity index is 2.49. The van der Waals surface area contributed by atoms with Crippen molar-refractivity contribution in [3.05, 3.63) is 53.1 Å². The summed E-state index contributed by atoms with van der Waals surface area (Å²) in [5, 5.41) is 1.53. The lowest BCUT2D eigenvalue weighted by molar-refractivity contribution is 1.32. The predicted octanol–water partition coefficient (Wildman–Crippen LogP) is 4.82. The third kappa shape index (κ3) is 2.98. The van der Waals surface area contributed by atoms with Crippen LogP contribution in [0.2, 0.25) is 19.6 Å². The van der Waals surface area contributed by atoms with E-state index in [-0.39, 0.29) is 0 Å². The molecule has 0 saturated carbocycles. The third-order valence-electron chi connectivity index (χ3n) is 3.72. The van der Waals surface area contributed by atoms with Gasteiger partial charge in [-0.1, -0.05) is 66.8 Å². The highest BCUT2D eigenvalue weighted by Gasteiger charge is 2.16. The zero-order chi connectivity index (χ0) is 14.2. The Labute approximate surface area is 118 Å². The molecular weight excluding hydrogens is 244 g/mol. The highest BCUT2D eigenvalue weighted by Crippen LogP contribution is 2.28. The van der Waals surface area contributed by atoms with Crippen LogP contribution in [0.1, 0.15) is 16.7 Å². The fourth-order valence-corrected chi connectivity index (χ4v) is 3.94. The zero-order valence-corrected chi connectivity index (χ0v) is 14.0. The Bertz CT molecular complexity index is 563. The van der Waals surface area contributed by atoms with Crippen LogP contribution in [0.3, 0.4) is 0 Å². The summed E-state index contributed by atoms with van der Waals surface area (Å²) in [5.74, 6) is 0. The first kappa shape index (κ1) is 14.1. The number of aryl methyl sites for hydroxylation is 3. The highest BCUT2D eigenvalue weighted by molar-refractivity contribution is 6.88. The highest BCUT2D eigenvalue weighted by atomic mass is 28.3. The van der Waals surface area contributed by atoms with E-state index >= 15 is 0 Å². The summed E-state index contributed by atoms with van der Waals surface area (Å²) in [4.78, 5) is 0. The van der Waals surface area contributed by atoms with Gasteiger partial charge in [0.25, 0.3) is 0 Å². The van der Waals surface area contributed by atoms with Gasteiger partial charge in [-0.3, -0.25) is 0 Å². The topological polar surface area (TPSA) is 0 Å². The maximum absolute atomic E-state index is 2.39. The van der Waals surface area contributed by atoms with Gasteiger partial charge in [0, 0.05) is 0 Å². The van der Waals surface area contributed by atoms with Crippen LogP contribution in [-0.2, 0) is 0 Å². The minimum atomic E-state index is -1.19. The molecule has 0 bridgehead atoms. The average Bonchev–Trinajstić information content (AvgIpc) is 2.27. The summed E-state index contributed by atoms with van der Waals surface area (Å²) in [7, 11) is -1.19. The third-order valence-corrected chi connectivity index (χ3v) is 5.78. The normalized spacial score (nSPS) is 11.7. The molecule has 0 saturated heterocycles. The summed E-state index contributed by atoms with van der Waals surface area (Å²) in [5.41, 5.74) is 6.83. The van der Waals surface area contributed by atoms with E-state index in [0.29, 0.717) is 0 Å². The summed E-state index contributed by atoms with van der Waals surface area (Å²) >= 11 is 0. The molecule has 2 aromatic carbocycles. The SMILES string of the molecule is Cc1cc(C)c(-c2ccc([Si](C)(C)C)cc2)c(C)c1. The zero-order valence-electron chi connectivity index (χ0n) is 13.0. The Hall–Kier alpha value is -1.34. The van der Waals surface area contributed by atoms with E-state index in [1.54, 1.807) is 0 Å². The van der Waals surface area contributed by atoms with Gasteiger partial charge in [-0.05, 0) is 43.0 Å². The molecule has 2 rings (SSSR count).